The predicted octanol–water partition coefficient (Wildman–Crippen LogP) is 4.47. The van der Waals surface area contributed by atoms with Crippen molar-refractivity contribution in [3.05, 3.63) is 59.7 Å². The lowest BCUT2D eigenvalue weighted by Gasteiger charge is -2.48. The van der Waals surface area contributed by atoms with E-state index in [4.69, 9.17) is 10.5 Å². The molecule has 3 heteroatoms. The molecule has 0 bridgehead atoms. The summed E-state index contributed by atoms with van der Waals surface area (Å²) in [7, 11) is 0. The molecule has 2 aliphatic heterocycles. The monoisotopic (exact) mass is 322 g/mol. The standard InChI is InChI=1S/C21H26N2O/c1-21(2,22)19-13-7-8-14-23(19)20-15-9-3-5-11-17(15)24-18-12-6-4-10-16(18)20/h3-6,9-12,19-20H,7-8,13-14,22H2,1-2H3. The van der Waals surface area contributed by atoms with Gasteiger partial charge in [0, 0.05) is 22.7 Å². The van der Waals surface area contributed by atoms with E-state index in [-0.39, 0.29) is 11.6 Å². The van der Waals surface area contributed by atoms with Gasteiger partial charge in [-0.05, 0) is 45.4 Å². The van der Waals surface area contributed by atoms with Crippen molar-refractivity contribution in [2.75, 3.05) is 6.54 Å². The molecule has 0 aromatic heterocycles. The zero-order chi connectivity index (χ0) is 16.7. The van der Waals surface area contributed by atoms with Gasteiger partial charge in [0.05, 0.1) is 6.04 Å². The number of piperidine rings is 1. The van der Waals surface area contributed by atoms with Gasteiger partial charge in [0.15, 0.2) is 0 Å². The number of hydrogen-bond acceptors (Lipinski definition) is 3. The maximum Gasteiger partial charge on any atom is 0.132 e. The van der Waals surface area contributed by atoms with Crippen LogP contribution in [0.15, 0.2) is 48.5 Å². The largest absolute Gasteiger partial charge is 0.457 e. The van der Waals surface area contributed by atoms with Crippen LogP contribution in [-0.2, 0) is 0 Å². The number of rotatable bonds is 2. The van der Waals surface area contributed by atoms with Crippen molar-refractivity contribution >= 4 is 0 Å². The minimum Gasteiger partial charge on any atom is -0.457 e. The van der Waals surface area contributed by atoms with Crippen molar-refractivity contribution in [3.63, 3.8) is 0 Å². The Kier molecular flexibility index (Phi) is 3.86. The third-order valence-electron chi connectivity index (χ3n) is 5.38. The fourth-order valence-electron chi connectivity index (χ4n) is 4.30. The van der Waals surface area contributed by atoms with Gasteiger partial charge >= 0.3 is 0 Å². The fraction of sp³-hybridized carbons (Fsp3) is 0.429. The Labute approximate surface area is 144 Å². The van der Waals surface area contributed by atoms with Crippen LogP contribution in [-0.4, -0.2) is 23.0 Å². The number of ether oxygens (including phenoxy) is 1. The third-order valence-corrected chi connectivity index (χ3v) is 5.38. The number of nitrogens with zero attached hydrogens (tertiary/aromatic N) is 1. The van der Waals surface area contributed by atoms with E-state index in [9.17, 15) is 0 Å². The quantitative estimate of drug-likeness (QED) is 0.886. The van der Waals surface area contributed by atoms with Crippen LogP contribution in [0.4, 0.5) is 0 Å². The smallest absolute Gasteiger partial charge is 0.132 e. The van der Waals surface area contributed by atoms with Crippen LogP contribution in [0.1, 0.15) is 50.3 Å². The summed E-state index contributed by atoms with van der Waals surface area (Å²) in [6, 6.07) is 17.4. The van der Waals surface area contributed by atoms with Crippen LogP contribution in [0.5, 0.6) is 11.5 Å². The lowest BCUT2D eigenvalue weighted by atomic mass is 9.83. The highest BCUT2D eigenvalue weighted by molar-refractivity contribution is 5.53. The van der Waals surface area contributed by atoms with Crippen LogP contribution in [0, 0.1) is 0 Å². The molecule has 1 atom stereocenters. The molecule has 1 saturated heterocycles. The SMILES string of the molecule is CC(C)(N)C1CCCCN1C1c2ccccc2Oc2ccccc21. The summed E-state index contributed by atoms with van der Waals surface area (Å²) in [6.07, 6.45) is 3.65. The molecule has 0 saturated carbocycles. The average Bonchev–Trinajstić information content (AvgIpc) is 2.59. The van der Waals surface area contributed by atoms with E-state index >= 15 is 0 Å². The van der Waals surface area contributed by atoms with Crippen LogP contribution in [0.25, 0.3) is 0 Å². The number of hydrogen-bond donors (Lipinski definition) is 1. The molecule has 0 aliphatic carbocycles. The van der Waals surface area contributed by atoms with Crippen molar-refractivity contribution in [1.82, 2.24) is 4.90 Å². The fourth-order valence-corrected chi connectivity index (χ4v) is 4.30. The second-order valence-corrected chi connectivity index (χ2v) is 7.65. The van der Waals surface area contributed by atoms with E-state index in [1.165, 1.54) is 24.0 Å². The van der Waals surface area contributed by atoms with Crippen LogP contribution in [0.3, 0.4) is 0 Å². The first-order valence-corrected chi connectivity index (χ1v) is 8.96. The molecule has 2 aromatic rings. The maximum absolute atomic E-state index is 6.57. The van der Waals surface area contributed by atoms with Crippen LogP contribution in [0.2, 0.25) is 0 Å². The van der Waals surface area contributed by atoms with Gasteiger partial charge in [0.2, 0.25) is 0 Å². The highest BCUT2D eigenvalue weighted by Crippen LogP contribution is 2.47. The average molecular weight is 322 g/mol. The maximum atomic E-state index is 6.57. The Balaban J connectivity index is 1.84. The van der Waals surface area contributed by atoms with E-state index in [0.717, 1.165) is 24.5 Å². The molecule has 24 heavy (non-hydrogen) atoms. The van der Waals surface area contributed by atoms with E-state index in [1.54, 1.807) is 0 Å². The molecule has 3 nitrogen and oxygen atoms in total. The van der Waals surface area contributed by atoms with Crippen LogP contribution >= 0.6 is 0 Å². The van der Waals surface area contributed by atoms with Gasteiger partial charge < -0.3 is 10.5 Å². The highest BCUT2D eigenvalue weighted by atomic mass is 16.5. The Morgan fingerprint density at radius 3 is 2.12 bits per heavy atom. The summed E-state index contributed by atoms with van der Waals surface area (Å²) in [5, 5.41) is 0. The summed E-state index contributed by atoms with van der Waals surface area (Å²) in [6.45, 7) is 5.40. The van der Waals surface area contributed by atoms with Gasteiger partial charge in [-0.2, -0.15) is 0 Å². The van der Waals surface area contributed by atoms with Gasteiger partial charge in [0.1, 0.15) is 11.5 Å². The molecule has 2 heterocycles. The van der Waals surface area contributed by atoms with Gasteiger partial charge in [-0.1, -0.05) is 42.8 Å². The van der Waals surface area contributed by atoms with Gasteiger partial charge in [-0.15, -0.1) is 0 Å². The number of fused-ring (bicyclic) bond motifs is 2. The van der Waals surface area contributed by atoms with E-state index in [1.807, 2.05) is 12.1 Å². The predicted molar refractivity (Wildman–Crippen MR) is 97.4 cm³/mol. The molecule has 126 valence electrons. The normalized spacial score (nSPS) is 21.7. The molecule has 2 aliphatic rings. The first-order valence-electron chi connectivity index (χ1n) is 8.96. The molecule has 2 aromatic carbocycles. The van der Waals surface area contributed by atoms with E-state index < -0.39 is 0 Å². The molecule has 1 fully saturated rings. The Morgan fingerprint density at radius 1 is 0.958 bits per heavy atom. The van der Waals surface area contributed by atoms with E-state index in [0.29, 0.717) is 6.04 Å². The molecule has 2 N–H and O–H groups in total. The molecule has 0 radical (unpaired) electrons. The van der Waals surface area contributed by atoms with Crippen molar-refractivity contribution in [2.45, 2.75) is 50.7 Å². The first kappa shape index (κ1) is 15.7. The molecule has 4 rings (SSSR count). The summed E-state index contributed by atoms with van der Waals surface area (Å²) in [5.74, 6) is 1.95. The number of para-hydroxylation sites is 2. The lowest BCUT2D eigenvalue weighted by Crippen LogP contribution is -2.57. The minimum absolute atomic E-state index is 0.220. The Hall–Kier alpha value is -1.84. The van der Waals surface area contributed by atoms with Gasteiger partial charge in [-0.3, -0.25) is 4.90 Å². The van der Waals surface area contributed by atoms with E-state index in [2.05, 4.69) is 55.1 Å². The number of benzene rings is 2. The zero-order valence-electron chi connectivity index (χ0n) is 14.5. The van der Waals surface area contributed by atoms with Crippen molar-refractivity contribution in [3.8, 4) is 11.5 Å². The zero-order valence-corrected chi connectivity index (χ0v) is 14.5. The van der Waals surface area contributed by atoms with Gasteiger partial charge in [0.25, 0.3) is 0 Å². The third kappa shape index (κ3) is 2.62. The molecule has 0 amide bonds. The van der Waals surface area contributed by atoms with Crippen molar-refractivity contribution in [2.24, 2.45) is 5.73 Å². The highest BCUT2D eigenvalue weighted by Gasteiger charge is 2.40. The number of likely N-dealkylation sites (tertiary alicyclic amines) is 1. The Morgan fingerprint density at radius 2 is 1.54 bits per heavy atom. The molecule has 0 spiro atoms. The first-order chi connectivity index (χ1) is 11.6. The van der Waals surface area contributed by atoms with Crippen molar-refractivity contribution < 1.29 is 4.74 Å². The topological polar surface area (TPSA) is 38.5 Å². The summed E-state index contributed by atoms with van der Waals surface area (Å²) in [4.78, 5) is 2.61. The second-order valence-electron chi connectivity index (χ2n) is 7.65. The minimum atomic E-state index is -0.220. The van der Waals surface area contributed by atoms with Crippen LogP contribution < -0.4 is 10.5 Å². The second kappa shape index (κ2) is 5.91. The summed E-state index contributed by atoms with van der Waals surface area (Å²) < 4.78 is 6.16. The molecule has 1 unspecified atom stereocenters. The number of nitrogens with two attached hydrogens (primary N) is 1. The van der Waals surface area contributed by atoms with Gasteiger partial charge in [-0.25, -0.2) is 0 Å². The lowest BCUT2D eigenvalue weighted by molar-refractivity contribution is 0.0643. The molecular formula is C21H26N2O. The summed E-state index contributed by atoms with van der Waals surface area (Å²) in [5.41, 5.74) is 8.87. The van der Waals surface area contributed by atoms with Crippen molar-refractivity contribution in [1.29, 1.82) is 0 Å². The Bertz CT molecular complexity index is 689. The molecular weight excluding hydrogens is 296 g/mol. The summed E-state index contributed by atoms with van der Waals surface area (Å²) >= 11 is 0.